The van der Waals surface area contributed by atoms with Crippen LogP contribution in [0.15, 0.2) is 70.9 Å². The summed E-state index contributed by atoms with van der Waals surface area (Å²) in [5, 5.41) is 7.89. The summed E-state index contributed by atoms with van der Waals surface area (Å²) in [6.45, 7) is 4.02. The number of benzene rings is 2. The molecule has 2 N–H and O–H groups in total. The normalized spacial score (nSPS) is 13.8. The standard InChI is InChI=1S/C19H22N4O/c1-15(17-9-5-3-6-10-17)13-20-22-19(24)23-21-14-16(2)18-11-7-4-8-12-18/h3-16H,1-2H3,(H2,22,23,24)/b20-13-,21-14+. The van der Waals surface area contributed by atoms with Crippen LogP contribution in [-0.2, 0) is 0 Å². The Labute approximate surface area is 142 Å². The molecule has 124 valence electrons. The lowest BCUT2D eigenvalue weighted by atomic mass is 10.0. The van der Waals surface area contributed by atoms with Gasteiger partial charge in [-0.3, -0.25) is 0 Å². The second kappa shape index (κ2) is 9.25. The van der Waals surface area contributed by atoms with E-state index in [0.717, 1.165) is 11.1 Å². The molecule has 0 aliphatic carbocycles. The van der Waals surface area contributed by atoms with Crippen LogP contribution in [0.25, 0.3) is 0 Å². The molecule has 0 radical (unpaired) electrons. The van der Waals surface area contributed by atoms with Crippen LogP contribution in [0.4, 0.5) is 4.79 Å². The van der Waals surface area contributed by atoms with Gasteiger partial charge in [0.15, 0.2) is 0 Å². The second-order valence-electron chi connectivity index (χ2n) is 5.51. The number of urea groups is 1. The lowest BCUT2D eigenvalue weighted by Crippen LogP contribution is -2.28. The van der Waals surface area contributed by atoms with E-state index in [9.17, 15) is 4.79 Å². The van der Waals surface area contributed by atoms with Crippen molar-refractivity contribution in [3.05, 3.63) is 71.8 Å². The molecule has 5 nitrogen and oxygen atoms in total. The average molecular weight is 322 g/mol. The molecule has 2 aromatic rings. The van der Waals surface area contributed by atoms with Crippen molar-refractivity contribution < 1.29 is 4.79 Å². The van der Waals surface area contributed by atoms with Crippen molar-refractivity contribution in [2.75, 3.05) is 0 Å². The fourth-order valence-corrected chi connectivity index (χ4v) is 2.13. The van der Waals surface area contributed by atoms with Gasteiger partial charge in [-0.05, 0) is 11.1 Å². The van der Waals surface area contributed by atoms with Gasteiger partial charge in [0.1, 0.15) is 0 Å². The Bertz CT molecular complexity index is 624. The maximum Gasteiger partial charge on any atom is 0.355 e. The van der Waals surface area contributed by atoms with Gasteiger partial charge in [-0.2, -0.15) is 10.2 Å². The average Bonchev–Trinajstić information content (AvgIpc) is 2.63. The molecule has 2 atom stereocenters. The van der Waals surface area contributed by atoms with Crippen molar-refractivity contribution in [1.29, 1.82) is 0 Å². The SMILES string of the molecule is CC(/C=N\NC(=O)N/N=C/C(C)c1ccccc1)c1ccccc1. The van der Waals surface area contributed by atoms with Crippen molar-refractivity contribution in [2.24, 2.45) is 10.2 Å². The Kier molecular flexibility index (Phi) is 6.71. The highest BCUT2D eigenvalue weighted by molar-refractivity contribution is 5.77. The topological polar surface area (TPSA) is 65.8 Å². The highest BCUT2D eigenvalue weighted by Gasteiger charge is 2.02. The first-order valence-electron chi connectivity index (χ1n) is 7.89. The summed E-state index contributed by atoms with van der Waals surface area (Å²) in [7, 11) is 0. The number of carbonyl (C=O) groups is 1. The zero-order valence-corrected chi connectivity index (χ0v) is 13.9. The molecule has 2 aromatic carbocycles. The van der Waals surface area contributed by atoms with Crippen LogP contribution in [-0.4, -0.2) is 18.5 Å². The predicted molar refractivity (Wildman–Crippen MR) is 98.4 cm³/mol. The summed E-state index contributed by atoms with van der Waals surface area (Å²) in [6, 6.07) is 19.4. The quantitative estimate of drug-likeness (QED) is 0.615. The first-order valence-corrected chi connectivity index (χ1v) is 7.89. The van der Waals surface area contributed by atoms with Crippen LogP contribution in [0.1, 0.15) is 36.8 Å². The lowest BCUT2D eigenvalue weighted by molar-refractivity contribution is 0.242. The molecule has 0 aliphatic heterocycles. The molecule has 2 amide bonds. The molecule has 2 rings (SSSR count). The number of hydrogen-bond donors (Lipinski definition) is 2. The third kappa shape index (κ3) is 5.68. The zero-order chi connectivity index (χ0) is 17.2. The van der Waals surface area contributed by atoms with Crippen LogP contribution in [0, 0.1) is 0 Å². The molecule has 0 saturated carbocycles. The zero-order valence-electron chi connectivity index (χ0n) is 13.9. The summed E-state index contributed by atoms with van der Waals surface area (Å²) in [5.41, 5.74) is 7.08. The molecular weight excluding hydrogens is 300 g/mol. The summed E-state index contributed by atoms with van der Waals surface area (Å²) in [4.78, 5) is 11.6. The van der Waals surface area contributed by atoms with Gasteiger partial charge in [0.25, 0.3) is 0 Å². The minimum Gasteiger partial charge on any atom is -0.245 e. The minimum atomic E-state index is -0.469. The van der Waals surface area contributed by atoms with Gasteiger partial charge in [0.2, 0.25) is 0 Å². The monoisotopic (exact) mass is 322 g/mol. The van der Waals surface area contributed by atoms with E-state index >= 15 is 0 Å². The maximum absolute atomic E-state index is 11.6. The van der Waals surface area contributed by atoms with Crippen LogP contribution < -0.4 is 10.9 Å². The van der Waals surface area contributed by atoms with Gasteiger partial charge < -0.3 is 0 Å². The smallest absolute Gasteiger partial charge is 0.245 e. The first-order chi connectivity index (χ1) is 11.7. The molecular formula is C19H22N4O. The first kappa shape index (κ1) is 17.4. The third-order valence-electron chi connectivity index (χ3n) is 3.58. The molecule has 24 heavy (non-hydrogen) atoms. The molecule has 0 bridgehead atoms. The lowest BCUT2D eigenvalue weighted by Gasteiger charge is -2.06. The Balaban J connectivity index is 1.75. The molecule has 0 saturated heterocycles. The largest absolute Gasteiger partial charge is 0.355 e. The van der Waals surface area contributed by atoms with Crippen molar-refractivity contribution in [1.82, 2.24) is 10.9 Å². The summed E-state index contributed by atoms with van der Waals surface area (Å²) >= 11 is 0. The summed E-state index contributed by atoms with van der Waals surface area (Å²) < 4.78 is 0. The van der Waals surface area contributed by atoms with Crippen LogP contribution in [0.3, 0.4) is 0 Å². The number of hydrogen-bond acceptors (Lipinski definition) is 3. The van der Waals surface area contributed by atoms with E-state index < -0.39 is 6.03 Å². The van der Waals surface area contributed by atoms with Gasteiger partial charge >= 0.3 is 6.03 Å². The maximum atomic E-state index is 11.6. The van der Waals surface area contributed by atoms with Crippen molar-refractivity contribution in [3.8, 4) is 0 Å². The van der Waals surface area contributed by atoms with Crippen LogP contribution in [0.2, 0.25) is 0 Å². The Morgan fingerprint density at radius 1 is 0.792 bits per heavy atom. The van der Waals surface area contributed by atoms with E-state index in [2.05, 4.69) is 21.1 Å². The van der Waals surface area contributed by atoms with E-state index in [4.69, 9.17) is 0 Å². The molecule has 0 aliphatic rings. The van der Waals surface area contributed by atoms with Gasteiger partial charge in [0, 0.05) is 24.3 Å². The number of nitrogens with zero attached hydrogens (tertiary/aromatic N) is 2. The van der Waals surface area contributed by atoms with E-state index in [1.54, 1.807) is 12.4 Å². The Hall–Kier alpha value is -2.95. The molecule has 0 aromatic heterocycles. The molecule has 2 unspecified atom stereocenters. The van der Waals surface area contributed by atoms with Crippen molar-refractivity contribution >= 4 is 18.5 Å². The Morgan fingerprint density at radius 2 is 1.17 bits per heavy atom. The highest BCUT2D eigenvalue weighted by atomic mass is 16.2. The van der Waals surface area contributed by atoms with E-state index in [-0.39, 0.29) is 11.8 Å². The van der Waals surface area contributed by atoms with Gasteiger partial charge in [-0.25, -0.2) is 15.6 Å². The van der Waals surface area contributed by atoms with Crippen molar-refractivity contribution in [3.63, 3.8) is 0 Å². The van der Waals surface area contributed by atoms with Crippen molar-refractivity contribution in [2.45, 2.75) is 25.7 Å². The number of rotatable bonds is 6. The van der Waals surface area contributed by atoms with Gasteiger partial charge in [-0.1, -0.05) is 74.5 Å². The predicted octanol–water partition coefficient (Wildman–Crippen LogP) is 3.86. The fraction of sp³-hybridized carbons (Fsp3) is 0.211. The minimum absolute atomic E-state index is 0.119. The Morgan fingerprint density at radius 3 is 1.54 bits per heavy atom. The number of amides is 2. The third-order valence-corrected chi connectivity index (χ3v) is 3.58. The molecule has 5 heteroatoms. The van der Waals surface area contributed by atoms with Crippen LogP contribution >= 0.6 is 0 Å². The second-order valence-corrected chi connectivity index (χ2v) is 5.51. The molecule has 0 spiro atoms. The highest BCUT2D eigenvalue weighted by Crippen LogP contribution is 2.12. The molecule has 0 heterocycles. The fourth-order valence-electron chi connectivity index (χ4n) is 2.13. The number of carbonyl (C=O) groups excluding carboxylic acids is 1. The van der Waals surface area contributed by atoms with Gasteiger partial charge in [-0.15, -0.1) is 0 Å². The van der Waals surface area contributed by atoms with E-state index in [1.807, 2.05) is 74.5 Å². The number of hydrazone groups is 2. The number of nitrogens with one attached hydrogen (secondary N) is 2. The van der Waals surface area contributed by atoms with Gasteiger partial charge in [0.05, 0.1) is 0 Å². The summed E-state index contributed by atoms with van der Waals surface area (Å²) in [5.74, 6) is 0.237. The molecule has 0 fully saturated rings. The van der Waals surface area contributed by atoms with E-state index in [1.165, 1.54) is 0 Å². The summed E-state index contributed by atoms with van der Waals surface area (Å²) in [6.07, 6.45) is 3.37. The van der Waals surface area contributed by atoms with E-state index in [0.29, 0.717) is 0 Å². The van der Waals surface area contributed by atoms with Crippen LogP contribution in [0.5, 0.6) is 0 Å².